The molecule has 0 aliphatic carbocycles. The van der Waals surface area contributed by atoms with Crippen molar-refractivity contribution in [2.45, 2.75) is 50.0 Å². The van der Waals surface area contributed by atoms with Gasteiger partial charge in [-0.15, -0.1) is 0 Å². The van der Waals surface area contributed by atoms with Gasteiger partial charge >= 0.3 is 0 Å². The van der Waals surface area contributed by atoms with Crippen LogP contribution in [0.3, 0.4) is 0 Å². The molecule has 1 saturated heterocycles. The van der Waals surface area contributed by atoms with Crippen molar-refractivity contribution in [3.05, 3.63) is 59.7 Å². The number of hydrogen-bond donors (Lipinski definition) is 2. The first-order chi connectivity index (χ1) is 15.3. The number of sulfonamides is 1. The van der Waals surface area contributed by atoms with E-state index >= 15 is 0 Å². The normalized spacial score (nSPS) is 19.7. The Labute approximate surface area is 189 Å². The Balaban J connectivity index is 1.59. The Morgan fingerprint density at radius 1 is 1.19 bits per heavy atom. The van der Waals surface area contributed by atoms with Crippen molar-refractivity contribution >= 4 is 27.5 Å². The second-order valence-electron chi connectivity index (χ2n) is 8.76. The number of rotatable bonds is 6. The molecule has 0 unspecified atom stereocenters. The van der Waals surface area contributed by atoms with E-state index in [-0.39, 0.29) is 23.1 Å². The van der Waals surface area contributed by atoms with Gasteiger partial charge in [-0.1, -0.05) is 37.3 Å². The lowest BCUT2D eigenvalue weighted by Crippen LogP contribution is -2.52. The summed E-state index contributed by atoms with van der Waals surface area (Å²) < 4.78 is 29.2. The van der Waals surface area contributed by atoms with Crippen molar-refractivity contribution in [1.82, 2.24) is 9.62 Å². The second kappa shape index (κ2) is 9.42. The lowest BCUT2D eigenvalue weighted by Gasteiger charge is -2.34. The van der Waals surface area contributed by atoms with Crippen molar-refractivity contribution in [2.24, 2.45) is 5.92 Å². The minimum atomic E-state index is -3.93. The van der Waals surface area contributed by atoms with Crippen LogP contribution in [0.1, 0.15) is 37.3 Å². The van der Waals surface area contributed by atoms with Crippen molar-refractivity contribution in [2.75, 3.05) is 18.4 Å². The van der Waals surface area contributed by atoms with Gasteiger partial charge in [0.05, 0.1) is 4.90 Å². The molecule has 2 aliphatic rings. The van der Waals surface area contributed by atoms with Crippen LogP contribution in [-0.2, 0) is 32.5 Å². The fourth-order valence-electron chi connectivity index (χ4n) is 4.42. The summed E-state index contributed by atoms with van der Waals surface area (Å²) in [7, 11) is -3.93. The van der Waals surface area contributed by atoms with Gasteiger partial charge in [-0.3, -0.25) is 9.59 Å². The molecule has 1 fully saturated rings. The summed E-state index contributed by atoms with van der Waals surface area (Å²) in [6, 6.07) is 13.2. The molecule has 7 nitrogen and oxygen atoms in total. The zero-order valence-corrected chi connectivity index (χ0v) is 19.0. The molecule has 2 amide bonds. The fourth-order valence-corrected chi connectivity index (χ4v) is 5.66. The number of benzene rings is 2. The van der Waals surface area contributed by atoms with Crippen LogP contribution in [0.5, 0.6) is 0 Å². The van der Waals surface area contributed by atoms with Gasteiger partial charge in [0, 0.05) is 25.2 Å². The zero-order chi connectivity index (χ0) is 22.7. The summed E-state index contributed by atoms with van der Waals surface area (Å²) >= 11 is 0. The van der Waals surface area contributed by atoms with E-state index < -0.39 is 16.1 Å². The van der Waals surface area contributed by atoms with Gasteiger partial charge in [-0.05, 0) is 60.9 Å². The Morgan fingerprint density at radius 3 is 2.72 bits per heavy atom. The Hall–Kier alpha value is -2.71. The molecule has 0 aromatic heterocycles. The number of anilines is 1. The first-order valence-corrected chi connectivity index (χ1v) is 12.6. The van der Waals surface area contributed by atoms with Crippen LogP contribution in [0.4, 0.5) is 5.69 Å². The number of likely N-dealkylation sites (tertiary alicyclic amines) is 1. The number of amides is 2. The second-order valence-corrected chi connectivity index (χ2v) is 10.5. The highest BCUT2D eigenvalue weighted by molar-refractivity contribution is 7.89. The predicted molar refractivity (Wildman–Crippen MR) is 123 cm³/mol. The summed E-state index contributed by atoms with van der Waals surface area (Å²) in [6.45, 7) is 3.40. The van der Waals surface area contributed by atoms with Crippen LogP contribution >= 0.6 is 0 Å². The quantitative estimate of drug-likeness (QED) is 0.700. The molecule has 2 heterocycles. The van der Waals surface area contributed by atoms with Gasteiger partial charge in [0.15, 0.2) is 0 Å². The summed E-state index contributed by atoms with van der Waals surface area (Å²) in [5.74, 6) is 0.141. The van der Waals surface area contributed by atoms with E-state index in [9.17, 15) is 18.0 Å². The van der Waals surface area contributed by atoms with E-state index in [1.807, 2.05) is 30.3 Å². The topological polar surface area (TPSA) is 95.6 Å². The summed E-state index contributed by atoms with van der Waals surface area (Å²) in [5.41, 5.74) is 2.31. The Kier molecular flexibility index (Phi) is 6.62. The number of piperidine rings is 1. The van der Waals surface area contributed by atoms with Crippen LogP contribution in [0.2, 0.25) is 0 Å². The molecule has 2 aromatic rings. The molecule has 2 aliphatic heterocycles. The molecule has 0 bridgehead atoms. The smallest absolute Gasteiger partial charge is 0.241 e. The van der Waals surface area contributed by atoms with E-state index in [1.165, 1.54) is 6.07 Å². The standard InChI is InChI=1S/C24H29N3O4S/c1-17-6-5-13-27(16-17)24(29)22(14-18-7-3-2-4-8-18)26-32(30,31)20-10-11-21-19(15-20)9-12-23(28)25-21/h2-4,7-8,10-11,15,17,22,26H,5-6,9,12-14,16H2,1H3,(H,25,28)/t17-,22-/m1/s1. The maximum Gasteiger partial charge on any atom is 0.241 e. The van der Waals surface area contributed by atoms with Crippen molar-refractivity contribution in [3.8, 4) is 0 Å². The number of carbonyl (C=O) groups is 2. The van der Waals surface area contributed by atoms with Crippen LogP contribution in [0.25, 0.3) is 0 Å². The number of hydrogen-bond acceptors (Lipinski definition) is 4. The molecule has 2 N–H and O–H groups in total. The molecule has 0 radical (unpaired) electrons. The third-order valence-corrected chi connectivity index (χ3v) is 7.60. The van der Waals surface area contributed by atoms with Crippen molar-refractivity contribution in [3.63, 3.8) is 0 Å². The van der Waals surface area contributed by atoms with Crippen LogP contribution < -0.4 is 10.0 Å². The van der Waals surface area contributed by atoms with E-state index in [1.54, 1.807) is 17.0 Å². The average Bonchev–Trinajstić information content (AvgIpc) is 2.78. The highest BCUT2D eigenvalue weighted by Crippen LogP contribution is 2.26. The maximum atomic E-state index is 13.4. The lowest BCUT2D eigenvalue weighted by atomic mass is 9.98. The van der Waals surface area contributed by atoms with E-state index in [4.69, 9.17) is 0 Å². The van der Waals surface area contributed by atoms with Crippen LogP contribution in [0, 0.1) is 5.92 Å². The molecule has 8 heteroatoms. The van der Waals surface area contributed by atoms with Crippen LogP contribution in [-0.4, -0.2) is 44.3 Å². The van der Waals surface area contributed by atoms with Gasteiger partial charge in [0.1, 0.15) is 6.04 Å². The van der Waals surface area contributed by atoms with Crippen LogP contribution in [0.15, 0.2) is 53.4 Å². The number of nitrogens with zero attached hydrogens (tertiary/aromatic N) is 1. The first kappa shape index (κ1) is 22.5. The monoisotopic (exact) mass is 455 g/mol. The summed E-state index contributed by atoms with van der Waals surface area (Å²) in [4.78, 5) is 26.9. The number of aryl methyl sites for hydroxylation is 1. The fraction of sp³-hybridized carbons (Fsp3) is 0.417. The van der Waals surface area contributed by atoms with Gasteiger partial charge in [0.2, 0.25) is 21.8 Å². The van der Waals surface area contributed by atoms with Gasteiger partial charge in [-0.25, -0.2) is 8.42 Å². The lowest BCUT2D eigenvalue weighted by molar-refractivity contribution is -0.134. The summed E-state index contributed by atoms with van der Waals surface area (Å²) in [5, 5.41) is 2.76. The number of carbonyl (C=O) groups excluding carboxylic acids is 2. The molecule has 2 aromatic carbocycles. The number of fused-ring (bicyclic) bond motifs is 1. The minimum Gasteiger partial charge on any atom is -0.341 e. The minimum absolute atomic E-state index is 0.0736. The molecule has 32 heavy (non-hydrogen) atoms. The summed E-state index contributed by atoms with van der Waals surface area (Å²) in [6.07, 6.45) is 3.10. The van der Waals surface area contributed by atoms with Gasteiger partial charge in [0.25, 0.3) is 0 Å². The van der Waals surface area contributed by atoms with Gasteiger partial charge in [-0.2, -0.15) is 4.72 Å². The molecule has 170 valence electrons. The first-order valence-electron chi connectivity index (χ1n) is 11.1. The van der Waals surface area contributed by atoms with E-state index in [0.717, 1.165) is 24.0 Å². The van der Waals surface area contributed by atoms with Crippen molar-refractivity contribution < 1.29 is 18.0 Å². The molecule has 0 spiro atoms. The van der Waals surface area contributed by atoms with Gasteiger partial charge < -0.3 is 10.2 Å². The average molecular weight is 456 g/mol. The molecule has 0 saturated carbocycles. The Morgan fingerprint density at radius 2 is 1.97 bits per heavy atom. The zero-order valence-electron chi connectivity index (χ0n) is 18.2. The third-order valence-electron chi connectivity index (χ3n) is 6.13. The molecular formula is C24H29N3O4S. The number of nitrogens with one attached hydrogen (secondary N) is 2. The largest absolute Gasteiger partial charge is 0.341 e. The predicted octanol–water partition coefficient (Wildman–Crippen LogP) is 2.72. The maximum absolute atomic E-state index is 13.4. The Bertz CT molecular complexity index is 1100. The SMILES string of the molecule is C[C@@H]1CCCN(C(=O)[C@@H](Cc2ccccc2)NS(=O)(=O)c2ccc3c(c2)CCC(=O)N3)C1. The molecule has 4 rings (SSSR count). The highest BCUT2D eigenvalue weighted by Gasteiger charge is 2.32. The third kappa shape index (κ3) is 5.19. The van der Waals surface area contributed by atoms with E-state index in [2.05, 4.69) is 17.0 Å². The molecule has 2 atom stereocenters. The van der Waals surface area contributed by atoms with Crippen molar-refractivity contribution in [1.29, 1.82) is 0 Å². The van der Waals surface area contributed by atoms with E-state index in [0.29, 0.717) is 37.5 Å². The highest BCUT2D eigenvalue weighted by atomic mass is 32.2. The molecular weight excluding hydrogens is 426 g/mol.